The Kier molecular flexibility index (Phi) is 8.44. The summed E-state index contributed by atoms with van der Waals surface area (Å²) >= 11 is 0. The maximum Gasteiger partial charge on any atom is 0.416 e. The lowest BCUT2D eigenvalue weighted by Gasteiger charge is -2.32. The molecule has 2 saturated carbocycles. The zero-order valence-electron chi connectivity index (χ0n) is 23.6. The van der Waals surface area contributed by atoms with Gasteiger partial charge in [0.2, 0.25) is 5.91 Å². The molecule has 224 valence electrons. The molecule has 2 aromatic rings. The van der Waals surface area contributed by atoms with E-state index in [1.807, 2.05) is 6.92 Å². The van der Waals surface area contributed by atoms with Crippen molar-refractivity contribution in [1.82, 2.24) is 10.2 Å². The minimum Gasteiger partial charge on any atom is -0.384 e. The summed E-state index contributed by atoms with van der Waals surface area (Å²) in [6.45, 7) is 2.53. The fraction of sp³-hybridized carbons (Fsp3) is 0.469. The Balaban J connectivity index is 1.26. The normalized spacial score (nSPS) is 24.0. The summed E-state index contributed by atoms with van der Waals surface area (Å²) in [6.07, 6.45) is 1.29. The van der Waals surface area contributed by atoms with Crippen molar-refractivity contribution in [1.29, 1.82) is 5.41 Å². The van der Waals surface area contributed by atoms with Gasteiger partial charge in [0.05, 0.1) is 16.8 Å². The van der Waals surface area contributed by atoms with Crippen LogP contribution in [0, 0.1) is 22.6 Å². The zero-order chi connectivity index (χ0) is 30.1. The number of para-hydroxylation sites is 1. The number of hydrogen-bond acceptors (Lipinski definition) is 4. The number of hydrogen-bond donors (Lipinski definition) is 3. The van der Waals surface area contributed by atoms with Crippen molar-refractivity contribution in [2.75, 3.05) is 18.4 Å². The van der Waals surface area contributed by atoms with E-state index in [2.05, 4.69) is 10.6 Å². The molecule has 0 bridgehead atoms. The number of nitrogens with one attached hydrogen (secondary N) is 3. The van der Waals surface area contributed by atoms with Crippen molar-refractivity contribution in [2.45, 2.75) is 70.0 Å². The highest BCUT2D eigenvalue weighted by atomic mass is 19.4. The molecule has 0 radical (unpaired) electrons. The third-order valence-corrected chi connectivity index (χ3v) is 9.01. The van der Waals surface area contributed by atoms with E-state index >= 15 is 0 Å². The summed E-state index contributed by atoms with van der Waals surface area (Å²) in [5, 5.41) is 14.4. The van der Waals surface area contributed by atoms with E-state index in [4.69, 9.17) is 5.41 Å². The lowest BCUT2D eigenvalue weighted by Crippen LogP contribution is -2.40. The molecular formula is C32H36F4N4O2. The number of anilines is 1. The van der Waals surface area contributed by atoms with E-state index in [0.29, 0.717) is 44.3 Å². The van der Waals surface area contributed by atoms with Crippen molar-refractivity contribution < 1.29 is 27.2 Å². The first-order chi connectivity index (χ1) is 20.0. The molecule has 2 aromatic carbocycles. The van der Waals surface area contributed by atoms with Crippen LogP contribution in [0.25, 0.3) is 0 Å². The smallest absolute Gasteiger partial charge is 0.384 e. The summed E-state index contributed by atoms with van der Waals surface area (Å²) in [5.74, 6) is -1.72. The summed E-state index contributed by atoms with van der Waals surface area (Å²) in [5.41, 5.74) is 0.376. The number of rotatable bonds is 8. The molecule has 5 rings (SSSR count). The number of benzene rings is 2. The molecule has 1 heterocycles. The average molecular weight is 585 g/mol. The van der Waals surface area contributed by atoms with Gasteiger partial charge in [-0.2, -0.15) is 13.2 Å². The van der Waals surface area contributed by atoms with Crippen LogP contribution in [-0.4, -0.2) is 42.1 Å². The number of amides is 2. The molecular weight excluding hydrogens is 548 g/mol. The van der Waals surface area contributed by atoms with Crippen LogP contribution in [0.15, 0.2) is 59.8 Å². The second kappa shape index (κ2) is 11.9. The summed E-state index contributed by atoms with van der Waals surface area (Å²) in [6, 6.07) is 11.6. The molecule has 2 aliphatic carbocycles. The van der Waals surface area contributed by atoms with Gasteiger partial charge in [0.15, 0.2) is 0 Å². The molecule has 1 atom stereocenters. The molecule has 3 aliphatic rings. The van der Waals surface area contributed by atoms with Crippen LogP contribution in [-0.2, 0) is 15.8 Å². The molecule has 3 fully saturated rings. The number of allylic oxidation sites excluding steroid dienone is 1. The van der Waals surface area contributed by atoms with E-state index in [-0.39, 0.29) is 52.6 Å². The van der Waals surface area contributed by atoms with Crippen molar-refractivity contribution in [3.05, 3.63) is 76.7 Å². The molecule has 6 nitrogen and oxygen atoms in total. The van der Waals surface area contributed by atoms with Crippen LogP contribution in [0.4, 0.5) is 23.2 Å². The summed E-state index contributed by atoms with van der Waals surface area (Å²) in [4.78, 5) is 28.0. The second-order valence-electron chi connectivity index (χ2n) is 12.0. The standard InChI is InChI=1S/C32H36F4N4O2/c1-31(15-16-31)28(38-22-12-10-20(11-13-22)29(41)39-27-9-5-4-8-26(27)33)24(18-37)30(42)40-17-14-21(19-40)23-6-2-3-7-25(23)32(34,35)36/h2-9,18,20-22,37-38H,10-17,19H2,1H3,(H,39,41)/b28-24+,37-18?. The van der Waals surface area contributed by atoms with Gasteiger partial charge in [-0.15, -0.1) is 0 Å². The Morgan fingerprint density at radius 3 is 2.31 bits per heavy atom. The van der Waals surface area contributed by atoms with E-state index in [0.717, 1.165) is 25.1 Å². The molecule has 1 saturated heterocycles. The summed E-state index contributed by atoms with van der Waals surface area (Å²) in [7, 11) is 0. The second-order valence-corrected chi connectivity index (χ2v) is 12.0. The average Bonchev–Trinajstić information content (AvgIpc) is 3.52. The minimum atomic E-state index is -4.47. The highest BCUT2D eigenvalue weighted by molar-refractivity contribution is 6.12. The number of alkyl halides is 3. The molecule has 1 aliphatic heterocycles. The minimum absolute atomic E-state index is 0.00248. The fourth-order valence-electron chi connectivity index (χ4n) is 6.24. The van der Waals surface area contributed by atoms with Gasteiger partial charge in [-0.05, 0) is 68.7 Å². The highest BCUT2D eigenvalue weighted by Gasteiger charge is 2.45. The predicted molar refractivity (Wildman–Crippen MR) is 152 cm³/mol. The zero-order valence-corrected chi connectivity index (χ0v) is 23.6. The first kappa shape index (κ1) is 29.8. The third kappa shape index (κ3) is 6.37. The van der Waals surface area contributed by atoms with Crippen molar-refractivity contribution >= 4 is 23.7 Å². The maximum atomic E-state index is 14.0. The first-order valence-corrected chi connectivity index (χ1v) is 14.5. The van der Waals surface area contributed by atoms with E-state index < -0.39 is 23.5 Å². The van der Waals surface area contributed by atoms with Gasteiger partial charge in [0, 0.05) is 48.3 Å². The van der Waals surface area contributed by atoms with Gasteiger partial charge >= 0.3 is 6.18 Å². The van der Waals surface area contributed by atoms with Gasteiger partial charge in [0.25, 0.3) is 5.91 Å². The molecule has 2 amide bonds. The van der Waals surface area contributed by atoms with Gasteiger partial charge < -0.3 is 20.9 Å². The molecule has 1 unspecified atom stereocenters. The number of halogens is 4. The van der Waals surface area contributed by atoms with Gasteiger partial charge in [-0.25, -0.2) is 4.39 Å². The van der Waals surface area contributed by atoms with E-state index in [1.54, 1.807) is 23.1 Å². The topological polar surface area (TPSA) is 85.3 Å². The van der Waals surface area contributed by atoms with Crippen molar-refractivity contribution in [3.63, 3.8) is 0 Å². The first-order valence-electron chi connectivity index (χ1n) is 14.5. The lowest BCUT2D eigenvalue weighted by atomic mass is 9.84. The Labute approximate surface area is 243 Å². The monoisotopic (exact) mass is 584 g/mol. The van der Waals surface area contributed by atoms with Crippen LogP contribution in [0.1, 0.15) is 68.9 Å². The quantitative estimate of drug-likeness (QED) is 0.185. The number of nitrogens with zero attached hydrogens (tertiary/aromatic N) is 1. The van der Waals surface area contributed by atoms with Crippen LogP contribution in [0.2, 0.25) is 0 Å². The largest absolute Gasteiger partial charge is 0.416 e. The maximum absolute atomic E-state index is 14.0. The number of likely N-dealkylation sites (tertiary alicyclic amines) is 1. The Morgan fingerprint density at radius 2 is 1.67 bits per heavy atom. The fourth-order valence-corrected chi connectivity index (χ4v) is 6.24. The predicted octanol–water partition coefficient (Wildman–Crippen LogP) is 6.65. The molecule has 0 aromatic heterocycles. The van der Waals surface area contributed by atoms with E-state index in [1.165, 1.54) is 24.3 Å². The Bertz CT molecular complexity index is 1380. The van der Waals surface area contributed by atoms with Gasteiger partial charge in [0.1, 0.15) is 5.82 Å². The summed E-state index contributed by atoms with van der Waals surface area (Å²) < 4.78 is 54.9. The molecule has 0 spiro atoms. The number of carbonyl (C=O) groups is 2. The van der Waals surface area contributed by atoms with Crippen LogP contribution in [0.5, 0.6) is 0 Å². The number of carbonyl (C=O) groups excluding carboxylic acids is 2. The highest BCUT2D eigenvalue weighted by Crippen LogP contribution is 2.52. The van der Waals surface area contributed by atoms with Crippen molar-refractivity contribution in [2.24, 2.45) is 11.3 Å². The lowest BCUT2D eigenvalue weighted by molar-refractivity contribution is -0.138. The van der Waals surface area contributed by atoms with Crippen LogP contribution >= 0.6 is 0 Å². The Morgan fingerprint density at radius 1 is 1.00 bits per heavy atom. The van der Waals surface area contributed by atoms with Gasteiger partial charge in [-0.3, -0.25) is 9.59 Å². The van der Waals surface area contributed by atoms with Crippen LogP contribution < -0.4 is 10.6 Å². The molecule has 42 heavy (non-hydrogen) atoms. The van der Waals surface area contributed by atoms with Gasteiger partial charge in [-0.1, -0.05) is 37.3 Å². The Hall–Kier alpha value is -3.69. The van der Waals surface area contributed by atoms with Crippen LogP contribution in [0.3, 0.4) is 0 Å². The third-order valence-electron chi connectivity index (χ3n) is 9.01. The SMILES string of the molecule is CC1(/C(NC2CCC(C(=O)Nc3ccccc3F)CC2)=C(/C=N)C(=O)N2CCC(c3ccccc3C(F)(F)F)C2)CC1. The van der Waals surface area contributed by atoms with E-state index in [9.17, 15) is 27.2 Å². The molecule has 10 heteroatoms. The van der Waals surface area contributed by atoms with Crippen molar-refractivity contribution in [3.8, 4) is 0 Å². The molecule has 3 N–H and O–H groups in total.